The third-order valence-electron chi connectivity index (χ3n) is 2.69. The quantitative estimate of drug-likeness (QED) is 0.810. The van der Waals surface area contributed by atoms with Crippen molar-refractivity contribution in [2.75, 3.05) is 11.1 Å². The number of carbonyl (C=O) groups excluding carboxylic acids is 1. The molecule has 0 unspecified atom stereocenters. The second kappa shape index (κ2) is 5.55. The second-order valence-corrected chi connectivity index (χ2v) is 4.06. The lowest BCUT2D eigenvalue weighted by Crippen LogP contribution is -2.13. The average Bonchev–Trinajstić information content (AvgIpc) is 2.49. The number of carbonyl (C=O) groups is 1. The van der Waals surface area contributed by atoms with Gasteiger partial charge in [-0.25, -0.2) is 0 Å². The number of benzene rings is 2. The summed E-state index contributed by atoms with van der Waals surface area (Å²) < 4.78 is 0. The molecule has 1 amide bonds. The number of rotatable bonds is 2. The summed E-state index contributed by atoms with van der Waals surface area (Å²) in [7, 11) is 0. The maximum atomic E-state index is 12.0. The maximum Gasteiger partial charge on any atom is 0.255 e. The predicted molar refractivity (Wildman–Crippen MR) is 74.7 cm³/mol. The van der Waals surface area contributed by atoms with Crippen LogP contribution in [0.4, 0.5) is 11.4 Å². The van der Waals surface area contributed by atoms with E-state index < -0.39 is 0 Å². The molecule has 2 aromatic carbocycles. The van der Waals surface area contributed by atoms with E-state index in [0.717, 1.165) is 0 Å². The van der Waals surface area contributed by atoms with E-state index in [9.17, 15) is 4.79 Å². The Balaban J connectivity index is 2.24. The lowest BCUT2D eigenvalue weighted by atomic mass is 10.1. The SMILES string of the molecule is N#Cc1ccc(C(=O)Nc2ccc(N)cc2C#N)cc1. The zero-order valence-corrected chi connectivity index (χ0v) is 10.4. The molecule has 0 fully saturated rings. The fourth-order valence-corrected chi connectivity index (χ4v) is 1.65. The van der Waals surface area contributed by atoms with Crippen molar-refractivity contribution in [3.8, 4) is 12.1 Å². The summed E-state index contributed by atoms with van der Waals surface area (Å²) in [5, 5.41) is 20.3. The van der Waals surface area contributed by atoms with Crippen LogP contribution in [-0.2, 0) is 0 Å². The average molecular weight is 262 g/mol. The first-order chi connectivity index (χ1) is 9.63. The van der Waals surface area contributed by atoms with Gasteiger partial charge < -0.3 is 11.1 Å². The number of nitrogen functional groups attached to an aromatic ring is 1. The standard InChI is InChI=1S/C15H10N4O/c16-8-10-1-3-11(4-2-10)15(20)19-14-6-5-13(18)7-12(14)9-17/h1-7H,18H2,(H,19,20). The molecular formula is C15H10N4O. The maximum absolute atomic E-state index is 12.0. The van der Waals surface area contributed by atoms with E-state index in [4.69, 9.17) is 16.3 Å². The van der Waals surface area contributed by atoms with Gasteiger partial charge in [0.25, 0.3) is 5.91 Å². The van der Waals surface area contributed by atoms with Gasteiger partial charge in [0.2, 0.25) is 0 Å². The van der Waals surface area contributed by atoms with Crippen molar-refractivity contribution < 1.29 is 4.79 Å². The Hall–Kier alpha value is -3.31. The van der Waals surface area contributed by atoms with E-state index in [1.54, 1.807) is 36.4 Å². The van der Waals surface area contributed by atoms with Crippen LogP contribution in [0.3, 0.4) is 0 Å². The number of hydrogen-bond donors (Lipinski definition) is 2. The van der Waals surface area contributed by atoms with Gasteiger partial charge in [-0.2, -0.15) is 10.5 Å². The minimum Gasteiger partial charge on any atom is -0.399 e. The molecule has 20 heavy (non-hydrogen) atoms. The predicted octanol–water partition coefficient (Wildman–Crippen LogP) is 2.26. The molecule has 0 spiro atoms. The van der Waals surface area contributed by atoms with Crippen molar-refractivity contribution in [1.82, 2.24) is 0 Å². The van der Waals surface area contributed by atoms with Crippen molar-refractivity contribution in [3.05, 3.63) is 59.2 Å². The van der Waals surface area contributed by atoms with Crippen LogP contribution in [0, 0.1) is 22.7 Å². The third-order valence-corrected chi connectivity index (χ3v) is 2.69. The number of amides is 1. The first kappa shape index (κ1) is 13.1. The Kier molecular flexibility index (Phi) is 3.65. The molecule has 2 rings (SSSR count). The number of hydrogen-bond acceptors (Lipinski definition) is 4. The van der Waals surface area contributed by atoms with E-state index in [0.29, 0.717) is 28.1 Å². The monoisotopic (exact) mass is 262 g/mol. The van der Waals surface area contributed by atoms with E-state index in [-0.39, 0.29) is 5.91 Å². The highest BCUT2D eigenvalue weighted by Gasteiger charge is 2.09. The molecule has 0 aliphatic carbocycles. The molecule has 0 atom stereocenters. The topological polar surface area (TPSA) is 103 Å². The minimum atomic E-state index is -0.351. The Morgan fingerprint density at radius 1 is 1.05 bits per heavy atom. The Morgan fingerprint density at radius 3 is 2.35 bits per heavy atom. The van der Waals surface area contributed by atoms with Crippen LogP contribution >= 0.6 is 0 Å². The fraction of sp³-hybridized carbons (Fsp3) is 0. The lowest BCUT2D eigenvalue weighted by molar-refractivity contribution is 0.102. The smallest absolute Gasteiger partial charge is 0.255 e. The van der Waals surface area contributed by atoms with Gasteiger partial charge in [0.05, 0.1) is 22.9 Å². The number of nitrogens with two attached hydrogens (primary N) is 1. The molecule has 0 radical (unpaired) electrons. The highest BCUT2D eigenvalue weighted by atomic mass is 16.1. The molecule has 96 valence electrons. The molecule has 0 aliphatic heterocycles. The van der Waals surface area contributed by atoms with Crippen LogP contribution in [0.25, 0.3) is 0 Å². The van der Waals surface area contributed by atoms with Crippen LogP contribution < -0.4 is 11.1 Å². The van der Waals surface area contributed by atoms with E-state index >= 15 is 0 Å². The van der Waals surface area contributed by atoms with Crippen molar-refractivity contribution in [3.63, 3.8) is 0 Å². The number of nitrogens with one attached hydrogen (secondary N) is 1. The van der Waals surface area contributed by atoms with Crippen LogP contribution in [0.1, 0.15) is 21.5 Å². The van der Waals surface area contributed by atoms with Crippen molar-refractivity contribution >= 4 is 17.3 Å². The van der Waals surface area contributed by atoms with Crippen molar-refractivity contribution in [2.45, 2.75) is 0 Å². The minimum absolute atomic E-state index is 0.298. The van der Waals surface area contributed by atoms with Gasteiger partial charge >= 0.3 is 0 Å². The summed E-state index contributed by atoms with van der Waals surface area (Å²) in [6.07, 6.45) is 0. The van der Waals surface area contributed by atoms with Crippen molar-refractivity contribution in [2.24, 2.45) is 0 Å². The van der Waals surface area contributed by atoms with Crippen LogP contribution in [0.5, 0.6) is 0 Å². The summed E-state index contributed by atoms with van der Waals surface area (Å²) in [6.45, 7) is 0. The molecule has 2 aromatic rings. The highest BCUT2D eigenvalue weighted by Crippen LogP contribution is 2.18. The van der Waals surface area contributed by atoms with E-state index in [1.165, 1.54) is 6.07 Å². The summed E-state index contributed by atoms with van der Waals surface area (Å²) >= 11 is 0. The first-order valence-electron chi connectivity index (χ1n) is 5.75. The molecule has 0 bridgehead atoms. The summed E-state index contributed by atoms with van der Waals surface area (Å²) in [4.78, 5) is 12.0. The molecule has 5 heteroatoms. The second-order valence-electron chi connectivity index (χ2n) is 4.06. The Morgan fingerprint density at radius 2 is 1.75 bits per heavy atom. The van der Waals surface area contributed by atoms with Gasteiger partial charge in [-0.1, -0.05) is 0 Å². The molecule has 0 saturated carbocycles. The molecule has 0 aliphatic rings. The largest absolute Gasteiger partial charge is 0.399 e. The van der Waals surface area contributed by atoms with Gasteiger partial charge in [-0.05, 0) is 42.5 Å². The molecule has 5 nitrogen and oxygen atoms in total. The number of nitriles is 2. The van der Waals surface area contributed by atoms with Gasteiger partial charge in [0.1, 0.15) is 6.07 Å². The Bertz CT molecular complexity index is 736. The highest BCUT2D eigenvalue weighted by molar-refractivity contribution is 6.05. The molecule has 0 heterocycles. The summed E-state index contributed by atoms with van der Waals surface area (Å²) in [5.41, 5.74) is 7.62. The van der Waals surface area contributed by atoms with Gasteiger partial charge in [0.15, 0.2) is 0 Å². The van der Waals surface area contributed by atoms with Crippen LogP contribution in [0.2, 0.25) is 0 Å². The third kappa shape index (κ3) is 2.74. The van der Waals surface area contributed by atoms with Gasteiger partial charge in [0, 0.05) is 11.3 Å². The zero-order valence-electron chi connectivity index (χ0n) is 10.4. The van der Waals surface area contributed by atoms with Crippen molar-refractivity contribution in [1.29, 1.82) is 10.5 Å². The van der Waals surface area contributed by atoms with Crippen LogP contribution in [0.15, 0.2) is 42.5 Å². The van der Waals surface area contributed by atoms with Gasteiger partial charge in [-0.3, -0.25) is 4.79 Å². The fourth-order valence-electron chi connectivity index (χ4n) is 1.65. The Labute approximate surface area is 115 Å². The van der Waals surface area contributed by atoms with Crippen LogP contribution in [-0.4, -0.2) is 5.91 Å². The molecule has 3 N–H and O–H groups in total. The first-order valence-corrected chi connectivity index (χ1v) is 5.75. The zero-order chi connectivity index (χ0) is 14.5. The molecule has 0 saturated heterocycles. The number of anilines is 2. The summed E-state index contributed by atoms with van der Waals surface area (Å²) in [6, 6.07) is 14.9. The lowest BCUT2D eigenvalue weighted by Gasteiger charge is -2.07. The number of nitrogens with zero attached hydrogens (tertiary/aromatic N) is 2. The summed E-state index contributed by atoms with van der Waals surface area (Å²) in [5.74, 6) is -0.351. The normalized spacial score (nSPS) is 9.30. The molecular weight excluding hydrogens is 252 g/mol. The molecule has 0 aromatic heterocycles. The van der Waals surface area contributed by atoms with E-state index in [2.05, 4.69) is 5.32 Å². The van der Waals surface area contributed by atoms with E-state index in [1.807, 2.05) is 12.1 Å². The van der Waals surface area contributed by atoms with Gasteiger partial charge in [-0.15, -0.1) is 0 Å².